The topological polar surface area (TPSA) is 74.2 Å². The van der Waals surface area contributed by atoms with Gasteiger partial charge in [-0.15, -0.1) is 0 Å². The number of anilines is 3. The van der Waals surface area contributed by atoms with Crippen molar-refractivity contribution in [2.75, 3.05) is 23.3 Å². The summed E-state index contributed by atoms with van der Waals surface area (Å²) in [6, 6.07) is 18.0. The van der Waals surface area contributed by atoms with Crippen LogP contribution in [-0.4, -0.2) is 39.3 Å². The highest BCUT2D eigenvalue weighted by atomic mass is 16.3. The molecule has 1 aromatic heterocycles. The normalized spacial score (nSPS) is 15.0. The zero-order valence-corrected chi connectivity index (χ0v) is 14.4. The highest BCUT2D eigenvalue weighted by Gasteiger charge is 2.17. The third-order valence-corrected chi connectivity index (χ3v) is 4.56. The quantitative estimate of drug-likeness (QED) is 0.755. The molecular formula is C20H21N5O. The van der Waals surface area contributed by atoms with E-state index >= 15 is 0 Å². The first-order valence-corrected chi connectivity index (χ1v) is 8.82. The van der Waals surface area contributed by atoms with Gasteiger partial charge in [-0.25, -0.2) is 9.97 Å². The van der Waals surface area contributed by atoms with E-state index in [9.17, 15) is 5.11 Å². The second-order valence-electron chi connectivity index (χ2n) is 6.39. The predicted octanol–water partition coefficient (Wildman–Crippen LogP) is 3.24. The summed E-state index contributed by atoms with van der Waals surface area (Å²) in [6.45, 7) is 1.78. The van der Waals surface area contributed by atoms with Gasteiger partial charge in [-0.05, 0) is 37.1 Å². The fraction of sp³-hybridized carbons (Fsp3) is 0.250. The second kappa shape index (κ2) is 7.49. The summed E-state index contributed by atoms with van der Waals surface area (Å²) in [5.41, 5.74) is 3.06. The van der Waals surface area contributed by atoms with Gasteiger partial charge in [0.2, 0.25) is 5.95 Å². The lowest BCUT2D eigenvalue weighted by atomic mass is 10.1. The Balaban J connectivity index is 1.46. The Labute approximate surface area is 152 Å². The van der Waals surface area contributed by atoms with Crippen LogP contribution in [0.25, 0.3) is 11.4 Å². The molecule has 3 aromatic rings. The fourth-order valence-corrected chi connectivity index (χ4v) is 3.09. The van der Waals surface area contributed by atoms with Crippen LogP contribution in [0, 0.1) is 0 Å². The first-order chi connectivity index (χ1) is 12.8. The molecule has 6 nitrogen and oxygen atoms in total. The number of aliphatic hydroxyl groups excluding tert-OH is 1. The standard InChI is InChI=1S/C20H21N5O/c26-18-10-12-25(13-11-18)17-8-6-16(7-9-17)23-20-22-14-21-19(24-20)15-4-2-1-3-5-15/h1-9,14,18,26H,10-13H2,(H,21,22,23,24). The third kappa shape index (κ3) is 3.81. The summed E-state index contributed by atoms with van der Waals surface area (Å²) in [4.78, 5) is 15.2. The number of nitrogens with zero attached hydrogens (tertiary/aromatic N) is 4. The first kappa shape index (κ1) is 16.5. The van der Waals surface area contributed by atoms with Crippen LogP contribution in [-0.2, 0) is 0 Å². The first-order valence-electron chi connectivity index (χ1n) is 8.82. The molecule has 4 rings (SSSR count). The van der Waals surface area contributed by atoms with Gasteiger partial charge in [-0.1, -0.05) is 30.3 Å². The number of aromatic nitrogens is 3. The highest BCUT2D eigenvalue weighted by molar-refractivity contribution is 5.61. The Morgan fingerprint density at radius 2 is 1.65 bits per heavy atom. The molecule has 1 aliphatic heterocycles. The molecular weight excluding hydrogens is 326 g/mol. The smallest absolute Gasteiger partial charge is 0.230 e. The minimum absolute atomic E-state index is 0.158. The molecule has 1 fully saturated rings. The summed E-state index contributed by atoms with van der Waals surface area (Å²) in [5.74, 6) is 1.17. The zero-order chi connectivity index (χ0) is 17.8. The lowest BCUT2D eigenvalue weighted by Gasteiger charge is -2.31. The molecule has 1 aliphatic rings. The summed E-state index contributed by atoms with van der Waals surface area (Å²) in [5, 5.41) is 12.9. The SMILES string of the molecule is OC1CCN(c2ccc(Nc3ncnc(-c4ccccc4)n3)cc2)CC1. The van der Waals surface area contributed by atoms with Crippen molar-refractivity contribution in [1.82, 2.24) is 15.0 Å². The van der Waals surface area contributed by atoms with Crippen LogP contribution >= 0.6 is 0 Å². The van der Waals surface area contributed by atoms with E-state index in [0.29, 0.717) is 11.8 Å². The van der Waals surface area contributed by atoms with Crippen molar-refractivity contribution in [1.29, 1.82) is 0 Å². The summed E-state index contributed by atoms with van der Waals surface area (Å²) >= 11 is 0. The van der Waals surface area contributed by atoms with Crippen molar-refractivity contribution in [3.63, 3.8) is 0 Å². The Kier molecular flexibility index (Phi) is 4.75. The summed E-state index contributed by atoms with van der Waals surface area (Å²) in [7, 11) is 0. The number of piperidine rings is 1. The van der Waals surface area contributed by atoms with Crippen molar-refractivity contribution >= 4 is 17.3 Å². The van der Waals surface area contributed by atoms with Gasteiger partial charge < -0.3 is 15.3 Å². The average molecular weight is 347 g/mol. The maximum Gasteiger partial charge on any atom is 0.230 e. The zero-order valence-electron chi connectivity index (χ0n) is 14.4. The Hall–Kier alpha value is -2.99. The van der Waals surface area contributed by atoms with Gasteiger partial charge in [0.05, 0.1) is 6.10 Å². The van der Waals surface area contributed by atoms with Crippen LogP contribution in [0.5, 0.6) is 0 Å². The van der Waals surface area contributed by atoms with E-state index in [1.165, 1.54) is 12.0 Å². The molecule has 0 saturated carbocycles. The van der Waals surface area contributed by atoms with Gasteiger partial charge >= 0.3 is 0 Å². The van der Waals surface area contributed by atoms with Crippen molar-refractivity contribution in [2.24, 2.45) is 0 Å². The van der Waals surface area contributed by atoms with Crippen molar-refractivity contribution in [3.8, 4) is 11.4 Å². The van der Waals surface area contributed by atoms with E-state index in [1.807, 2.05) is 42.5 Å². The molecule has 0 aliphatic carbocycles. The maximum atomic E-state index is 9.63. The summed E-state index contributed by atoms with van der Waals surface area (Å²) < 4.78 is 0. The van der Waals surface area contributed by atoms with Crippen LogP contribution in [0.15, 0.2) is 60.9 Å². The van der Waals surface area contributed by atoms with Crippen LogP contribution in [0.2, 0.25) is 0 Å². The van der Waals surface area contributed by atoms with Crippen LogP contribution in [0.4, 0.5) is 17.3 Å². The maximum absolute atomic E-state index is 9.63. The molecule has 0 amide bonds. The van der Waals surface area contributed by atoms with Crippen LogP contribution < -0.4 is 10.2 Å². The fourth-order valence-electron chi connectivity index (χ4n) is 3.09. The monoisotopic (exact) mass is 347 g/mol. The van der Waals surface area contributed by atoms with E-state index < -0.39 is 0 Å². The van der Waals surface area contributed by atoms with Crippen molar-refractivity contribution in [2.45, 2.75) is 18.9 Å². The molecule has 0 bridgehead atoms. The number of benzene rings is 2. The third-order valence-electron chi connectivity index (χ3n) is 4.56. The second-order valence-corrected chi connectivity index (χ2v) is 6.39. The van der Waals surface area contributed by atoms with Crippen molar-refractivity contribution in [3.05, 3.63) is 60.9 Å². The van der Waals surface area contributed by atoms with Crippen LogP contribution in [0.1, 0.15) is 12.8 Å². The minimum atomic E-state index is -0.158. The van der Waals surface area contributed by atoms with Crippen molar-refractivity contribution < 1.29 is 5.11 Å². The predicted molar refractivity (Wildman–Crippen MR) is 102 cm³/mol. The van der Waals surface area contributed by atoms with E-state index in [-0.39, 0.29) is 6.10 Å². The molecule has 132 valence electrons. The molecule has 0 radical (unpaired) electrons. The molecule has 2 aromatic carbocycles. The highest BCUT2D eigenvalue weighted by Crippen LogP contribution is 2.23. The van der Waals surface area contributed by atoms with Gasteiger partial charge in [0, 0.05) is 30.0 Å². The lowest BCUT2D eigenvalue weighted by Crippen LogP contribution is -2.35. The largest absolute Gasteiger partial charge is 0.393 e. The molecule has 0 spiro atoms. The number of aliphatic hydroxyl groups is 1. The number of nitrogens with one attached hydrogen (secondary N) is 1. The van der Waals surface area contributed by atoms with Gasteiger partial charge in [0.1, 0.15) is 6.33 Å². The lowest BCUT2D eigenvalue weighted by molar-refractivity contribution is 0.145. The van der Waals surface area contributed by atoms with E-state index in [0.717, 1.165) is 37.2 Å². The van der Waals surface area contributed by atoms with Gasteiger partial charge in [-0.2, -0.15) is 4.98 Å². The van der Waals surface area contributed by atoms with Crippen LogP contribution in [0.3, 0.4) is 0 Å². The molecule has 0 atom stereocenters. The molecule has 2 N–H and O–H groups in total. The average Bonchev–Trinajstić information content (AvgIpc) is 2.70. The van der Waals surface area contributed by atoms with E-state index in [4.69, 9.17) is 0 Å². The van der Waals surface area contributed by atoms with Gasteiger partial charge in [-0.3, -0.25) is 0 Å². The number of hydrogen-bond donors (Lipinski definition) is 2. The van der Waals surface area contributed by atoms with E-state index in [1.54, 1.807) is 0 Å². The molecule has 1 saturated heterocycles. The molecule has 0 unspecified atom stereocenters. The molecule has 26 heavy (non-hydrogen) atoms. The summed E-state index contributed by atoms with van der Waals surface area (Å²) in [6.07, 6.45) is 3.01. The van der Waals surface area contributed by atoms with Gasteiger partial charge in [0.15, 0.2) is 5.82 Å². The minimum Gasteiger partial charge on any atom is -0.393 e. The Morgan fingerprint density at radius 3 is 2.38 bits per heavy atom. The molecule has 6 heteroatoms. The molecule has 2 heterocycles. The number of rotatable bonds is 4. The number of hydrogen-bond acceptors (Lipinski definition) is 6. The van der Waals surface area contributed by atoms with E-state index in [2.05, 4.69) is 37.3 Å². The Morgan fingerprint density at radius 1 is 0.923 bits per heavy atom. The Bertz CT molecular complexity index is 846. The van der Waals surface area contributed by atoms with Gasteiger partial charge in [0.25, 0.3) is 0 Å².